The molecule has 0 saturated carbocycles. The molecule has 0 spiro atoms. The number of piperazine rings is 1. The summed E-state index contributed by atoms with van der Waals surface area (Å²) in [5.74, 6) is 0.00236. The van der Waals surface area contributed by atoms with Crippen LogP contribution in [0.25, 0.3) is 0 Å². The second-order valence-corrected chi connectivity index (χ2v) is 4.33. The molecule has 0 bridgehead atoms. The fourth-order valence-corrected chi connectivity index (χ4v) is 1.70. The fourth-order valence-electron chi connectivity index (χ4n) is 1.70. The minimum Gasteiger partial charge on any atom is -0.382 e. The van der Waals surface area contributed by atoms with Crippen molar-refractivity contribution in [3.8, 4) is 0 Å². The largest absolute Gasteiger partial charge is 0.382 e. The number of rotatable bonds is 6. The van der Waals surface area contributed by atoms with E-state index >= 15 is 0 Å². The Hall–Kier alpha value is -0.690. The molecular formula is C11H23N3O3. The lowest BCUT2D eigenvalue weighted by atomic mass is 10.1. The smallest absolute Gasteiger partial charge is 0.238 e. The van der Waals surface area contributed by atoms with Gasteiger partial charge in [0.05, 0.1) is 18.8 Å². The number of nitrogens with one attached hydrogen (secondary N) is 3. The fraction of sp³-hybridized carbons (Fsp3) is 0.909. The molecule has 0 aromatic carbocycles. The maximum atomic E-state index is 11.8. The molecule has 1 rings (SSSR count). The van der Waals surface area contributed by atoms with Crippen molar-refractivity contribution in [3.63, 3.8) is 0 Å². The Kier molecular flexibility index (Phi) is 6.43. The molecule has 3 unspecified atom stereocenters. The minimum absolute atomic E-state index is 0.00236. The van der Waals surface area contributed by atoms with E-state index in [1.165, 1.54) is 0 Å². The van der Waals surface area contributed by atoms with Crippen molar-refractivity contribution < 1.29 is 14.3 Å². The predicted molar refractivity (Wildman–Crippen MR) is 64.9 cm³/mol. The van der Waals surface area contributed by atoms with Crippen LogP contribution < -0.4 is 16.0 Å². The molecule has 6 nitrogen and oxygen atoms in total. The molecule has 0 aliphatic carbocycles. The third-order valence-corrected chi connectivity index (χ3v) is 2.85. The molecule has 1 heterocycles. The highest BCUT2D eigenvalue weighted by molar-refractivity contribution is 5.82. The molecule has 0 aromatic heterocycles. The van der Waals surface area contributed by atoms with Crippen molar-refractivity contribution in [3.05, 3.63) is 0 Å². The van der Waals surface area contributed by atoms with Gasteiger partial charge < -0.3 is 25.4 Å². The van der Waals surface area contributed by atoms with Gasteiger partial charge in [0.1, 0.15) is 0 Å². The van der Waals surface area contributed by atoms with Crippen LogP contribution in [0.5, 0.6) is 0 Å². The van der Waals surface area contributed by atoms with Gasteiger partial charge >= 0.3 is 0 Å². The molecule has 1 aliphatic rings. The molecule has 17 heavy (non-hydrogen) atoms. The van der Waals surface area contributed by atoms with Crippen LogP contribution in [0.3, 0.4) is 0 Å². The maximum Gasteiger partial charge on any atom is 0.238 e. The maximum absolute atomic E-state index is 11.8. The van der Waals surface area contributed by atoms with Gasteiger partial charge in [-0.15, -0.1) is 0 Å². The van der Waals surface area contributed by atoms with Crippen LogP contribution in [0.15, 0.2) is 0 Å². The van der Waals surface area contributed by atoms with Crippen molar-refractivity contribution >= 4 is 5.91 Å². The third-order valence-electron chi connectivity index (χ3n) is 2.85. The average Bonchev–Trinajstić information content (AvgIpc) is 2.35. The standard InChI is InChI=1S/C11H23N3O3/c1-8-4-13-10(6-12-8)11(15)14-5-9(17-3)7-16-2/h8-10,12-13H,4-7H2,1-3H3,(H,14,15). The Balaban J connectivity index is 2.24. The first-order valence-electron chi connectivity index (χ1n) is 5.93. The van der Waals surface area contributed by atoms with E-state index in [1.807, 2.05) is 0 Å². The molecule has 100 valence electrons. The molecule has 1 fully saturated rings. The number of amides is 1. The molecule has 0 aromatic rings. The van der Waals surface area contributed by atoms with Crippen LogP contribution in [0.4, 0.5) is 0 Å². The van der Waals surface area contributed by atoms with Gasteiger partial charge in [0.15, 0.2) is 0 Å². The van der Waals surface area contributed by atoms with Gasteiger partial charge in [-0.1, -0.05) is 0 Å². The van der Waals surface area contributed by atoms with Crippen LogP contribution >= 0.6 is 0 Å². The van der Waals surface area contributed by atoms with Crippen LogP contribution in [0.2, 0.25) is 0 Å². The Bertz CT molecular complexity index is 230. The molecule has 0 radical (unpaired) electrons. The summed E-state index contributed by atoms with van der Waals surface area (Å²) in [7, 11) is 3.22. The quantitative estimate of drug-likeness (QED) is 0.543. The lowest BCUT2D eigenvalue weighted by Crippen LogP contribution is -2.59. The van der Waals surface area contributed by atoms with Crippen molar-refractivity contribution in [1.29, 1.82) is 0 Å². The Morgan fingerprint density at radius 3 is 2.71 bits per heavy atom. The average molecular weight is 245 g/mol. The molecule has 6 heteroatoms. The highest BCUT2D eigenvalue weighted by Crippen LogP contribution is 1.94. The molecule has 1 saturated heterocycles. The van der Waals surface area contributed by atoms with Crippen LogP contribution in [-0.2, 0) is 14.3 Å². The number of ether oxygens (including phenoxy) is 2. The summed E-state index contributed by atoms with van der Waals surface area (Å²) < 4.78 is 10.2. The van der Waals surface area contributed by atoms with E-state index < -0.39 is 0 Å². The lowest BCUT2D eigenvalue weighted by molar-refractivity contribution is -0.124. The first kappa shape index (κ1) is 14.4. The number of carbonyl (C=O) groups is 1. The number of methoxy groups -OCH3 is 2. The van der Waals surface area contributed by atoms with Crippen molar-refractivity contribution in [2.45, 2.75) is 25.1 Å². The minimum atomic E-state index is -0.161. The molecule has 3 atom stereocenters. The summed E-state index contributed by atoms with van der Waals surface area (Å²) in [6.07, 6.45) is -0.0978. The van der Waals surface area contributed by atoms with E-state index in [0.29, 0.717) is 25.7 Å². The van der Waals surface area contributed by atoms with Crippen LogP contribution in [0, 0.1) is 0 Å². The lowest BCUT2D eigenvalue weighted by Gasteiger charge is -2.28. The van der Waals surface area contributed by atoms with Gasteiger partial charge in [-0.05, 0) is 6.92 Å². The Morgan fingerprint density at radius 1 is 1.41 bits per heavy atom. The van der Waals surface area contributed by atoms with Crippen molar-refractivity contribution in [1.82, 2.24) is 16.0 Å². The predicted octanol–water partition coefficient (Wildman–Crippen LogP) is -1.29. The summed E-state index contributed by atoms with van der Waals surface area (Å²) in [6, 6.07) is 0.255. The molecular weight excluding hydrogens is 222 g/mol. The summed E-state index contributed by atoms with van der Waals surface area (Å²) in [6.45, 7) is 4.50. The van der Waals surface area contributed by atoms with Crippen LogP contribution in [0.1, 0.15) is 6.92 Å². The van der Waals surface area contributed by atoms with Crippen molar-refractivity contribution in [2.75, 3.05) is 40.5 Å². The van der Waals surface area contributed by atoms with Gasteiger partial charge in [0.25, 0.3) is 0 Å². The van der Waals surface area contributed by atoms with Crippen LogP contribution in [-0.4, -0.2) is 64.6 Å². The van der Waals surface area contributed by atoms with E-state index in [4.69, 9.17) is 9.47 Å². The van der Waals surface area contributed by atoms with E-state index in [9.17, 15) is 4.79 Å². The third kappa shape index (κ3) is 4.99. The highest BCUT2D eigenvalue weighted by Gasteiger charge is 2.23. The second-order valence-electron chi connectivity index (χ2n) is 4.33. The SMILES string of the molecule is COCC(CNC(=O)C1CNC(C)CN1)OC. The van der Waals surface area contributed by atoms with E-state index in [-0.39, 0.29) is 18.1 Å². The number of hydrogen-bond donors (Lipinski definition) is 3. The molecule has 1 amide bonds. The zero-order valence-electron chi connectivity index (χ0n) is 10.8. The summed E-state index contributed by atoms with van der Waals surface area (Å²) in [5.41, 5.74) is 0. The van der Waals surface area contributed by atoms with Crippen molar-refractivity contribution in [2.24, 2.45) is 0 Å². The Labute approximate surface area is 102 Å². The summed E-state index contributed by atoms with van der Waals surface area (Å²) >= 11 is 0. The highest BCUT2D eigenvalue weighted by atomic mass is 16.5. The Morgan fingerprint density at radius 2 is 2.18 bits per heavy atom. The van der Waals surface area contributed by atoms with Gasteiger partial charge in [0, 0.05) is 39.9 Å². The number of carbonyl (C=O) groups excluding carboxylic acids is 1. The normalized spacial score (nSPS) is 26.5. The molecule has 3 N–H and O–H groups in total. The first-order chi connectivity index (χ1) is 8.17. The topological polar surface area (TPSA) is 71.6 Å². The van der Waals surface area contributed by atoms with E-state index in [2.05, 4.69) is 22.9 Å². The van der Waals surface area contributed by atoms with E-state index in [0.717, 1.165) is 6.54 Å². The second kappa shape index (κ2) is 7.60. The first-order valence-corrected chi connectivity index (χ1v) is 5.93. The zero-order chi connectivity index (χ0) is 12.7. The van der Waals surface area contributed by atoms with Gasteiger partial charge in [-0.2, -0.15) is 0 Å². The zero-order valence-corrected chi connectivity index (χ0v) is 10.8. The molecule has 1 aliphatic heterocycles. The van der Waals surface area contributed by atoms with Gasteiger partial charge in [-0.25, -0.2) is 0 Å². The summed E-state index contributed by atoms with van der Waals surface area (Å²) in [5, 5.41) is 9.31. The van der Waals surface area contributed by atoms with Gasteiger partial charge in [0.2, 0.25) is 5.91 Å². The number of hydrogen-bond acceptors (Lipinski definition) is 5. The summed E-state index contributed by atoms with van der Waals surface area (Å²) in [4.78, 5) is 11.8. The van der Waals surface area contributed by atoms with E-state index in [1.54, 1.807) is 14.2 Å². The monoisotopic (exact) mass is 245 g/mol. The van der Waals surface area contributed by atoms with Gasteiger partial charge in [-0.3, -0.25) is 4.79 Å².